The molecule has 2 aromatic carbocycles. The first-order valence-electron chi connectivity index (χ1n) is 8.18. The van der Waals surface area contributed by atoms with Gasteiger partial charge in [0.1, 0.15) is 5.75 Å². The van der Waals surface area contributed by atoms with Crippen LogP contribution in [-0.2, 0) is 14.3 Å². The summed E-state index contributed by atoms with van der Waals surface area (Å²) in [6, 6.07) is 12.3. The van der Waals surface area contributed by atoms with Gasteiger partial charge in [0.05, 0.1) is 19.2 Å². The first kappa shape index (κ1) is 17.7. The lowest BCUT2D eigenvalue weighted by Gasteiger charge is -2.21. The van der Waals surface area contributed by atoms with Crippen molar-refractivity contribution in [2.45, 2.75) is 19.3 Å². The van der Waals surface area contributed by atoms with Crippen LogP contribution in [0.2, 0.25) is 0 Å². The van der Waals surface area contributed by atoms with E-state index in [1.54, 1.807) is 37.4 Å². The highest BCUT2D eigenvalue weighted by atomic mass is 16.5. The zero-order chi connectivity index (χ0) is 18.8. The van der Waals surface area contributed by atoms with Gasteiger partial charge in [-0.3, -0.25) is 14.4 Å². The summed E-state index contributed by atoms with van der Waals surface area (Å²) in [6.07, 6.45) is 0.106. The van der Waals surface area contributed by atoms with Crippen LogP contribution in [0.1, 0.15) is 40.7 Å². The SMILES string of the molecule is COC(=O)CC1c2ccccc2C(=O)N(C)c2cc(OC(C)=O)ccc21. The molecule has 1 atom stereocenters. The number of esters is 2. The molecule has 0 saturated heterocycles. The fraction of sp³-hybridized carbons (Fsp3) is 0.250. The Bertz CT molecular complexity index is 890. The number of rotatable bonds is 3. The predicted octanol–water partition coefficient (Wildman–Crippen LogP) is 2.90. The number of amides is 1. The Labute approximate surface area is 151 Å². The molecule has 134 valence electrons. The van der Waals surface area contributed by atoms with E-state index < -0.39 is 5.97 Å². The van der Waals surface area contributed by atoms with Crippen LogP contribution in [0.5, 0.6) is 5.75 Å². The molecular formula is C20H19NO5. The molecule has 1 unspecified atom stereocenters. The van der Waals surface area contributed by atoms with Crippen molar-refractivity contribution in [3.8, 4) is 5.75 Å². The summed E-state index contributed by atoms with van der Waals surface area (Å²) in [7, 11) is 3.00. The minimum atomic E-state index is -0.443. The highest BCUT2D eigenvalue weighted by Crippen LogP contribution is 2.41. The Balaban J connectivity index is 2.19. The molecule has 0 fully saturated rings. The number of hydrogen-bond donors (Lipinski definition) is 0. The molecule has 0 saturated carbocycles. The van der Waals surface area contributed by atoms with E-state index in [1.165, 1.54) is 18.9 Å². The maximum absolute atomic E-state index is 12.9. The molecule has 1 aliphatic rings. The average Bonchev–Trinajstić information content (AvgIpc) is 2.71. The number of nitrogens with zero attached hydrogens (tertiary/aromatic N) is 1. The van der Waals surface area contributed by atoms with Crippen LogP contribution in [0.15, 0.2) is 42.5 Å². The molecule has 1 amide bonds. The minimum Gasteiger partial charge on any atom is -0.469 e. The van der Waals surface area contributed by atoms with Gasteiger partial charge in [0.25, 0.3) is 5.91 Å². The molecule has 6 heteroatoms. The zero-order valence-electron chi connectivity index (χ0n) is 14.8. The third-order valence-electron chi connectivity index (χ3n) is 4.47. The van der Waals surface area contributed by atoms with Gasteiger partial charge in [-0.2, -0.15) is 0 Å². The van der Waals surface area contributed by atoms with E-state index in [-0.39, 0.29) is 24.2 Å². The molecule has 26 heavy (non-hydrogen) atoms. The van der Waals surface area contributed by atoms with Crippen LogP contribution in [0, 0.1) is 0 Å². The Morgan fingerprint density at radius 3 is 2.54 bits per heavy atom. The van der Waals surface area contributed by atoms with Crippen molar-refractivity contribution in [2.24, 2.45) is 0 Å². The normalized spacial score (nSPS) is 15.6. The quantitative estimate of drug-likeness (QED) is 0.627. The number of methoxy groups -OCH3 is 1. The summed E-state index contributed by atoms with van der Waals surface area (Å²) in [5.41, 5.74) is 2.70. The third-order valence-corrected chi connectivity index (χ3v) is 4.47. The van der Waals surface area contributed by atoms with Gasteiger partial charge in [-0.05, 0) is 23.3 Å². The van der Waals surface area contributed by atoms with E-state index in [9.17, 15) is 14.4 Å². The number of benzene rings is 2. The van der Waals surface area contributed by atoms with Crippen LogP contribution in [-0.4, -0.2) is 32.0 Å². The van der Waals surface area contributed by atoms with Crippen LogP contribution >= 0.6 is 0 Å². The fourth-order valence-corrected chi connectivity index (χ4v) is 3.26. The molecule has 0 N–H and O–H groups in total. The highest BCUT2D eigenvalue weighted by Gasteiger charge is 2.32. The van der Waals surface area contributed by atoms with E-state index in [4.69, 9.17) is 9.47 Å². The summed E-state index contributed by atoms with van der Waals surface area (Å²) < 4.78 is 10.00. The van der Waals surface area contributed by atoms with Crippen molar-refractivity contribution in [3.63, 3.8) is 0 Å². The summed E-state index contributed by atoms with van der Waals surface area (Å²) in [5.74, 6) is -0.986. The first-order chi connectivity index (χ1) is 12.4. The summed E-state index contributed by atoms with van der Waals surface area (Å²) >= 11 is 0. The summed E-state index contributed by atoms with van der Waals surface area (Å²) in [4.78, 5) is 37.7. The van der Waals surface area contributed by atoms with Crippen LogP contribution in [0.25, 0.3) is 0 Å². The zero-order valence-corrected chi connectivity index (χ0v) is 14.8. The molecule has 3 rings (SSSR count). The minimum absolute atomic E-state index is 0.106. The van der Waals surface area contributed by atoms with Crippen LogP contribution in [0.3, 0.4) is 0 Å². The number of carbonyl (C=O) groups is 3. The van der Waals surface area contributed by atoms with Gasteiger partial charge in [-0.25, -0.2) is 0 Å². The van der Waals surface area contributed by atoms with E-state index in [0.29, 0.717) is 17.0 Å². The van der Waals surface area contributed by atoms with Gasteiger partial charge in [-0.15, -0.1) is 0 Å². The number of anilines is 1. The molecule has 0 aromatic heterocycles. The molecule has 1 heterocycles. The van der Waals surface area contributed by atoms with Crippen LogP contribution < -0.4 is 9.64 Å². The largest absolute Gasteiger partial charge is 0.469 e. The predicted molar refractivity (Wildman–Crippen MR) is 95.4 cm³/mol. The van der Waals surface area contributed by atoms with E-state index in [2.05, 4.69) is 0 Å². The maximum atomic E-state index is 12.9. The molecule has 0 radical (unpaired) electrons. The molecular weight excluding hydrogens is 334 g/mol. The van der Waals surface area contributed by atoms with E-state index in [1.807, 2.05) is 12.1 Å². The van der Waals surface area contributed by atoms with Gasteiger partial charge in [0, 0.05) is 31.5 Å². The number of carbonyl (C=O) groups excluding carboxylic acids is 3. The monoisotopic (exact) mass is 353 g/mol. The molecule has 0 bridgehead atoms. The van der Waals surface area contributed by atoms with E-state index in [0.717, 1.165) is 11.1 Å². The molecule has 0 aliphatic carbocycles. The Kier molecular flexibility index (Phi) is 4.75. The number of fused-ring (bicyclic) bond motifs is 2. The van der Waals surface area contributed by atoms with Gasteiger partial charge >= 0.3 is 11.9 Å². The van der Waals surface area contributed by atoms with Crippen molar-refractivity contribution in [1.82, 2.24) is 0 Å². The van der Waals surface area contributed by atoms with Gasteiger partial charge in [0.15, 0.2) is 0 Å². The molecule has 6 nitrogen and oxygen atoms in total. The second kappa shape index (κ2) is 7.00. The van der Waals surface area contributed by atoms with E-state index >= 15 is 0 Å². The maximum Gasteiger partial charge on any atom is 0.308 e. The molecule has 0 spiro atoms. The van der Waals surface area contributed by atoms with Crippen molar-refractivity contribution in [2.75, 3.05) is 19.1 Å². The van der Waals surface area contributed by atoms with Crippen molar-refractivity contribution in [3.05, 3.63) is 59.2 Å². The molecule has 1 aliphatic heterocycles. The fourth-order valence-electron chi connectivity index (χ4n) is 3.26. The van der Waals surface area contributed by atoms with Crippen molar-refractivity contribution < 1.29 is 23.9 Å². The van der Waals surface area contributed by atoms with Gasteiger partial charge in [-0.1, -0.05) is 24.3 Å². The molecule has 2 aromatic rings. The lowest BCUT2D eigenvalue weighted by Crippen LogP contribution is -2.26. The van der Waals surface area contributed by atoms with Gasteiger partial charge in [0.2, 0.25) is 0 Å². The lowest BCUT2D eigenvalue weighted by atomic mass is 9.86. The van der Waals surface area contributed by atoms with Gasteiger partial charge < -0.3 is 14.4 Å². The number of hydrogen-bond acceptors (Lipinski definition) is 5. The first-order valence-corrected chi connectivity index (χ1v) is 8.18. The summed E-state index contributed by atoms with van der Waals surface area (Å²) in [6.45, 7) is 1.32. The average molecular weight is 353 g/mol. The third kappa shape index (κ3) is 3.18. The summed E-state index contributed by atoms with van der Waals surface area (Å²) in [5, 5.41) is 0. The second-order valence-corrected chi connectivity index (χ2v) is 6.10. The standard InChI is InChI=1S/C20H19NO5/c1-12(22)26-13-8-9-15-17(11-19(23)25-3)14-6-4-5-7-16(14)20(24)21(2)18(15)10-13/h4-10,17H,11H2,1-3H3. The van der Waals surface area contributed by atoms with Crippen molar-refractivity contribution in [1.29, 1.82) is 0 Å². The highest BCUT2D eigenvalue weighted by molar-refractivity contribution is 6.08. The number of ether oxygens (including phenoxy) is 2. The smallest absolute Gasteiger partial charge is 0.308 e. The second-order valence-electron chi connectivity index (χ2n) is 6.10. The van der Waals surface area contributed by atoms with Crippen molar-refractivity contribution >= 4 is 23.5 Å². The Morgan fingerprint density at radius 1 is 1.12 bits per heavy atom. The topological polar surface area (TPSA) is 72.9 Å². The lowest BCUT2D eigenvalue weighted by molar-refractivity contribution is -0.140. The van der Waals surface area contributed by atoms with Crippen LogP contribution in [0.4, 0.5) is 5.69 Å². The Morgan fingerprint density at radius 2 is 1.85 bits per heavy atom. The Hall–Kier alpha value is -3.15.